The van der Waals surface area contributed by atoms with E-state index in [0.717, 1.165) is 0 Å². The van der Waals surface area contributed by atoms with Gasteiger partial charge in [-0.2, -0.15) is 5.10 Å². The molecule has 1 aliphatic rings. The Labute approximate surface area is 167 Å². The predicted molar refractivity (Wildman–Crippen MR) is 105 cm³/mol. The van der Waals surface area contributed by atoms with Crippen molar-refractivity contribution in [3.63, 3.8) is 0 Å². The average molecular weight is 396 g/mol. The van der Waals surface area contributed by atoms with E-state index in [1.165, 1.54) is 6.33 Å². The van der Waals surface area contributed by atoms with Crippen LogP contribution in [-0.2, 0) is 7.05 Å². The van der Waals surface area contributed by atoms with Crippen LogP contribution in [0.25, 0.3) is 11.3 Å². The van der Waals surface area contributed by atoms with E-state index in [4.69, 9.17) is 4.74 Å². The molecule has 1 amide bonds. The van der Waals surface area contributed by atoms with E-state index in [0.29, 0.717) is 43.2 Å². The van der Waals surface area contributed by atoms with Crippen LogP contribution in [0.2, 0.25) is 0 Å². The minimum Gasteiger partial charge on any atom is -0.497 e. The zero-order valence-electron chi connectivity index (χ0n) is 16.2. The number of aromatic nitrogens is 4. The van der Waals surface area contributed by atoms with Crippen molar-refractivity contribution in [3.05, 3.63) is 54.4 Å². The van der Waals surface area contributed by atoms with Crippen LogP contribution in [0.15, 0.2) is 42.9 Å². The first kappa shape index (κ1) is 18.9. The highest BCUT2D eigenvalue weighted by Gasteiger charge is 2.26. The fourth-order valence-corrected chi connectivity index (χ4v) is 3.34. The molecule has 8 nitrogen and oxygen atoms in total. The molecule has 1 fully saturated rings. The quantitative estimate of drug-likeness (QED) is 0.671. The SMILES string of the molecule is COc1ccc(-c2ncnc(N3CCN(C(=O)c4ccn(C)n4)CC3)c2F)cc1. The zero-order chi connectivity index (χ0) is 20.4. The van der Waals surface area contributed by atoms with Crippen LogP contribution in [-0.4, -0.2) is 63.8 Å². The van der Waals surface area contributed by atoms with E-state index in [1.807, 2.05) is 4.90 Å². The highest BCUT2D eigenvalue weighted by Crippen LogP contribution is 2.28. The summed E-state index contributed by atoms with van der Waals surface area (Å²) in [4.78, 5) is 24.4. The lowest BCUT2D eigenvalue weighted by molar-refractivity contribution is 0.0739. The van der Waals surface area contributed by atoms with Crippen LogP contribution < -0.4 is 9.64 Å². The van der Waals surface area contributed by atoms with E-state index in [-0.39, 0.29) is 17.4 Å². The summed E-state index contributed by atoms with van der Waals surface area (Å²) in [6.07, 6.45) is 3.10. The standard InChI is InChI=1S/C20H21FN6O2/c1-25-8-7-16(24-25)20(28)27-11-9-26(10-12-27)19-17(21)18(22-13-23-19)14-3-5-15(29-2)6-4-14/h3-8,13H,9-12H2,1-2H3. The molecule has 150 valence electrons. The van der Waals surface area contributed by atoms with Crippen molar-refractivity contribution in [2.75, 3.05) is 38.2 Å². The molecule has 3 aromatic rings. The van der Waals surface area contributed by atoms with Crippen LogP contribution in [0.1, 0.15) is 10.5 Å². The van der Waals surface area contributed by atoms with Gasteiger partial charge < -0.3 is 14.5 Å². The average Bonchev–Trinajstić information content (AvgIpc) is 3.20. The zero-order valence-corrected chi connectivity index (χ0v) is 16.2. The number of halogens is 1. The van der Waals surface area contributed by atoms with Crippen molar-refractivity contribution >= 4 is 11.7 Å². The van der Waals surface area contributed by atoms with Crippen molar-refractivity contribution in [1.29, 1.82) is 0 Å². The highest BCUT2D eigenvalue weighted by molar-refractivity contribution is 5.92. The Hall–Kier alpha value is -3.49. The minimum atomic E-state index is -0.470. The Morgan fingerprint density at radius 1 is 1.07 bits per heavy atom. The molecule has 0 bridgehead atoms. The summed E-state index contributed by atoms with van der Waals surface area (Å²) in [6.45, 7) is 1.90. The second-order valence-electron chi connectivity index (χ2n) is 6.74. The molecule has 4 rings (SSSR count). The van der Waals surface area contributed by atoms with Gasteiger partial charge in [0, 0.05) is 45.0 Å². The van der Waals surface area contributed by atoms with E-state index in [9.17, 15) is 4.79 Å². The van der Waals surface area contributed by atoms with Gasteiger partial charge in [0.1, 0.15) is 23.5 Å². The summed E-state index contributed by atoms with van der Waals surface area (Å²) in [5.74, 6) is 0.349. The maximum Gasteiger partial charge on any atom is 0.274 e. The van der Waals surface area contributed by atoms with Crippen molar-refractivity contribution < 1.29 is 13.9 Å². The van der Waals surface area contributed by atoms with Crippen LogP contribution in [0.4, 0.5) is 10.2 Å². The Morgan fingerprint density at radius 2 is 1.79 bits per heavy atom. The number of hydrogen-bond acceptors (Lipinski definition) is 6. The molecule has 9 heteroatoms. The van der Waals surface area contributed by atoms with Crippen molar-refractivity contribution in [3.8, 4) is 17.0 Å². The first-order chi connectivity index (χ1) is 14.1. The number of rotatable bonds is 4. The minimum absolute atomic E-state index is 0.118. The third kappa shape index (κ3) is 3.75. The molecule has 0 spiro atoms. The molecule has 0 radical (unpaired) electrons. The Morgan fingerprint density at radius 3 is 2.41 bits per heavy atom. The number of hydrogen-bond donors (Lipinski definition) is 0. The molecule has 0 N–H and O–H groups in total. The Bertz CT molecular complexity index is 1010. The number of aryl methyl sites for hydroxylation is 1. The predicted octanol–water partition coefficient (Wildman–Crippen LogP) is 1.99. The number of benzene rings is 1. The fraction of sp³-hybridized carbons (Fsp3) is 0.300. The van der Waals surface area contributed by atoms with Gasteiger partial charge in [0.2, 0.25) is 0 Å². The Balaban J connectivity index is 1.49. The molecular formula is C20H21FN6O2. The third-order valence-electron chi connectivity index (χ3n) is 4.93. The van der Waals surface area contributed by atoms with Gasteiger partial charge in [0.05, 0.1) is 7.11 Å². The first-order valence-corrected chi connectivity index (χ1v) is 9.25. The number of anilines is 1. The van der Waals surface area contributed by atoms with Gasteiger partial charge in [0.15, 0.2) is 11.6 Å². The van der Waals surface area contributed by atoms with Crippen LogP contribution >= 0.6 is 0 Å². The number of ether oxygens (including phenoxy) is 1. The van der Waals surface area contributed by atoms with Gasteiger partial charge in [-0.25, -0.2) is 14.4 Å². The van der Waals surface area contributed by atoms with Gasteiger partial charge in [-0.3, -0.25) is 9.48 Å². The summed E-state index contributed by atoms with van der Waals surface area (Å²) in [5, 5.41) is 4.16. The molecule has 1 aromatic carbocycles. The first-order valence-electron chi connectivity index (χ1n) is 9.25. The molecule has 0 aliphatic carbocycles. The summed E-state index contributed by atoms with van der Waals surface area (Å²) in [7, 11) is 3.35. The number of amides is 1. The van der Waals surface area contributed by atoms with Gasteiger partial charge in [-0.05, 0) is 30.3 Å². The smallest absolute Gasteiger partial charge is 0.274 e. The number of carbonyl (C=O) groups excluding carboxylic acids is 1. The van der Waals surface area contributed by atoms with Crippen LogP contribution in [0.3, 0.4) is 0 Å². The number of piperazine rings is 1. The van der Waals surface area contributed by atoms with Gasteiger partial charge in [-0.15, -0.1) is 0 Å². The molecule has 3 heterocycles. The Kier molecular flexibility index (Phi) is 5.11. The fourth-order valence-electron chi connectivity index (χ4n) is 3.34. The van der Waals surface area contributed by atoms with Gasteiger partial charge in [-0.1, -0.05) is 0 Å². The van der Waals surface area contributed by atoms with Gasteiger partial charge in [0.25, 0.3) is 5.91 Å². The maximum absolute atomic E-state index is 15.2. The van der Waals surface area contributed by atoms with Gasteiger partial charge >= 0.3 is 0 Å². The third-order valence-corrected chi connectivity index (χ3v) is 4.93. The number of nitrogens with zero attached hydrogens (tertiary/aromatic N) is 6. The molecule has 0 unspecified atom stereocenters. The van der Waals surface area contributed by atoms with Crippen molar-refractivity contribution in [1.82, 2.24) is 24.6 Å². The second-order valence-corrected chi connectivity index (χ2v) is 6.74. The summed E-state index contributed by atoms with van der Waals surface area (Å²) in [5.41, 5.74) is 1.30. The van der Waals surface area contributed by atoms with Crippen molar-refractivity contribution in [2.45, 2.75) is 0 Å². The molecule has 1 aliphatic heterocycles. The van der Waals surface area contributed by atoms with E-state index < -0.39 is 5.82 Å². The second kappa shape index (κ2) is 7.86. The lowest BCUT2D eigenvalue weighted by Gasteiger charge is -2.35. The van der Waals surface area contributed by atoms with E-state index in [2.05, 4.69) is 15.1 Å². The molecule has 0 saturated carbocycles. The summed E-state index contributed by atoms with van der Waals surface area (Å²) >= 11 is 0. The summed E-state index contributed by atoms with van der Waals surface area (Å²) < 4.78 is 21.9. The highest BCUT2D eigenvalue weighted by atomic mass is 19.1. The van der Waals surface area contributed by atoms with Crippen molar-refractivity contribution in [2.24, 2.45) is 7.05 Å². The van der Waals surface area contributed by atoms with Crippen LogP contribution in [0.5, 0.6) is 5.75 Å². The molecular weight excluding hydrogens is 375 g/mol. The normalized spacial score (nSPS) is 14.2. The lowest BCUT2D eigenvalue weighted by Crippen LogP contribution is -2.49. The topological polar surface area (TPSA) is 76.4 Å². The lowest BCUT2D eigenvalue weighted by atomic mass is 10.1. The monoisotopic (exact) mass is 396 g/mol. The molecule has 2 aromatic heterocycles. The van der Waals surface area contributed by atoms with Crippen LogP contribution in [0, 0.1) is 5.82 Å². The summed E-state index contributed by atoms with van der Waals surface area (Å²) in [6, 6.07) is 8.74. The maximum atomic E-state index is 15.2. The molecule has 29 heavy (non-hydrogen) atoms. The molecule has 1 saturated heterocycles. The number of carbonyl (C=O) groups is 1. The largest absolute Gasteiger partial charge is 0.497 e. The number of methoxy groups -OCH3 is 1. The van der Waals surface area contributed by atoms with E-state index >= 15 is 4.39 Å². The van der Waals surface area contributed by atoms with E-state index in [1.54, 1.807) is 60.3 Å². The molecule has 0 atom stereocenters.